The van der Waals surface area contributed by atoms with E-state index in [-0.39, 0.29) is 12.2 Å². The van der Waals surface area contributed by atoms with Gasteiger partial charge in [0.2, 0.25) is 0 Å². The van der Waals surface area contributed by atoms with E-state index in [0.717, 1.165) is 11.1 Å². The Morgan fingerprint density at radius 2 is 1.92 bits per heavy atom. The second kappa shape index (κ2) is 7.79. The average molecular weight is 323 g/mol. The molecule has 0 aliphatic rings. The van der Waals surface area contributed by atoms with E-state index in [1.807, 2.05) is 38.1 Å². The van der Waals surface area contributed by atoms with Crippen molar-refractivity contribution in [2.24, 2.45) is 0 Å². The van der Waals surface area contributed by atoms with Gasteiger partial charge in [-0.3, -0.25) is 20.4 Å². The number of nitrogens with zero attached hydrogens (tertiary/aromatic N) is 1. The molecule has 0 spiro atoms. The molecule has 0 aromatic heterocycles. The van der Waals surface area contributed by atoms with Crippen molar-refractivity contribution in [2.75, 3.05) is 6.61 Å². The predicted molar refractivity (Wildman–Crippen MR) is 88.2 cm³/mol. The smallest absolute Gasteiger partial charge is 0.276 e. The Bertz CT molecular complexity index is 809. The van der Waals surface area contributed by atoms with Crippen molar-refractivity contribution < 1.29 is 14.3 Å². The number of carbonyl (C=O) groups excluding carboxylic acids is 2. The monoisotopic (exact) mass is 323 g/mol. The van der Waals surface area contributed by atoms with E-state index in [2.05, 4.69) is 10.9 Å². The van der Waals surface area contributed by atoms with Crippen LogP contribution in [0.1, 0.15) is 27.0 Å². The maximum atomic E-state index is 11.9. The van der Waals surface area contributed by atoms with E-state index in [9.17, 15) is 9.59 Å². The number of nitriles is 1. The molecular formula is C18H17N3O3. The molecule has 0 bridgehead atoms. The van der Waals surface area contributed by atoms with Crippen LogP contribution in [-0.4, -0.2) is 18.4 Å². The first-order valence-corrected chi connectivity index (χ1v) is 7.29. The van der Waals surface area contributed by atoms with Gasteiger partial charge >= 0.3 is 0 Å². The van der Waals surface area contributed by atoms with Gasteiger partial charge in [-0.2, -0.15) is 5.26 Å². The molecule has 24 heavy (non-hydrogen) atoms. The normalized spacial score (nSPS) is 9.71. The molecule has 2 N–H and O–H groups in total. The molecule has 2 aromatic rings. The number of benzene rings is 2. The largest absolute Gasteiger partial charge is 0.483 e. The fourth-order valence-corrected chi connectivity index (χ4v) is 1.97. The minimum atomic E-state index is -0.507. The van der Waals surface area contributed by atoms with E-state index >= 15 is 0 Å². The molecule has 0 saturated heterocycles. The maximum absolute atomic E-state index is 11.9. The zero-order chi connectivity index (χ0) is 17.5. The lowest BCUT2D eigenvalue weighted by Crippen LogP contribution is -2.43. The van der Waals surface area contributed by atoms with Crippen molar-refractivity contribution in [3.05, 3.63) is 64.7 Å². The van der Waals surface area contributed by atoms with E-state index < -0.39 is 11.8 Å². The number of aryl methyl sites for hydroxylation is 2. The fraction of sp³-hybridized carbons (Fsp3) is 0.167. The molecule has 0 saturated carbocycles. The Balaban J connectivity index is 1.85. The Labute approximate surface area is 140 Å². The molecular weight excluding hydrogens is 306 g/mol. The van der Waals surface area contributed by atoms with Gasteiger partial charge < -0.3 is 4.74 Å². The molecule has 0 heterocycles. The first-order valence-electron chi connectivity index (χ1n) is 7.29. The minimum Gasteiger partial charge on any atom is -0.483 e. The molecule has 122 valence electrons. The van der Waals surface area contributed by atoms with E-state index in [1.54, 1.807) is 18.2 Å². The van der Waals surface area contributed by atoms with Crippen molar-refractivity contribution in [1.29, 1.82) is 5.26 Å². The van der Waals surface area contributed by atoms with Gasteiger partial charge in [-0.1, -0.05) is 18.2 Å². The summed E-state index contributed by atoms with van der Waals surface area (Å²) in [5.41, 5.74) is 7.16. The summed E-state index contributed by atoms with van der Waals surface area (Å²) in [7, 11) is 0. The van der Waals surface area contributed by atoms with Gasteiger partial charge in [0.1, 0.15) is 5.75 Å². The van der Waals surface area contributed by atoms with Gasteiger partial charge in [0.05, 0.1) is 11.6 Å². The van der Waals surface area contributed by atoms with Gasteiger partial charge in [0.25, 0.3) is 11.8 Å². The summed E-state index contributed by atoms with van der Waals surface area (Å²) in [6, 6.07) is 13.8. The zero-order valence-electron chi connectivity index (χ0n) is 13.4. The Kier molecular flexibility index (Phi) is 5.53. The fourth-order valence-electron chi connectivity index (χ4n) is 1.97. The quantitative estimate of drug-likeness (QED) is 0.842. The van der Waals surface area contributed by atoms with Gasteiger partial charge in [-0.05, 0) is 49.2 Å². The van der Waals surface area contributed by atoms with Crippen LogP contribution in [0.2, 0.25) is 0 Å². The number of hydrogen-bond donors (Lipinski definition) is 2. The predicted octanol–water partition coefficient (Wildman–Crippen LogP) is 2.02. The van der Waals surface area contributed by atoms with E-state index in [1.165, 1.54) is 6.07 Å². The van der Waals surface area contributed by atoms with Crippen molar-refractivity contribution >= 4 is 11.8 Å². The minimum absolute atomic E-state index is 0.219. The second-order valence-corrected chi connectivity index (χ2v) is 5.25. The number of rotatable bonds is 4. The van der Waals surface area contributed by atoms with Gasteiger partial charge in [-0.15, -0.1) is 0 Å². The lowest BCUT2D eigenvalue weighted by Gasteiger charge is -2.11. The SMILES string of the molecule is Cc1ccc(C)c(OCC(=O)NNC(=O)c2cccc(C#N)c2)c1. The lowest BCUT2D eigenvalue weighted by molar-refractivity contribution is -0.123. The van der Waals surface area contributed by atoms with Gasteiger partial charge in [0, 0.05) is 5.56 Å². The molecule has 0 unspecified atom stereocenters. The molecule has 0 radical (unpaired) electrons. The maximum Gasteiger partial charge on any atom is 0.276 e. The van der Waals surface area contributed by atoms with Crippen molar-refractivity contribution in [1.82, 2.24) is 10.9 Å². The highest BCUT2D eigenvalue weighted by Gasteiger charge is 2.09. The number of hydrazine groups is 1. The van der Waals surface area contributed by atoms with E-state index in [4.69, 9.17) is 10.00 Å². The molecule has 6 nitrogen and oxygen atoms in total. The zero-order valence-corrected chi connectivity index (χ0v) is 13.4. The highest BCUT2D eigenvalue weighted by Crippen LogP contribution is 2.18. The number of nitrogens with one attached hydrogen (secondary N) is 2. The molecule has 2 amide bonds. The summed E-state index contributed by atoms with van der Waals surface area (Å²) in [6.45, 7) is 3.60. The summed E-state index contributed by atoms with van der Waals surface area (Å²) in [6.07, 6.45) is 0. The van der Waals surface area contributed by atoms with E-state index in [0.29, 0.717) is 11.3 Å². The van der Waals surface area contributed by atoms with Crippen LogP contribution in [0.25, 0.3) is 0 Å². The molecule has 6 heteroatoms. The Morgan fingerprint density at radius 1 is 1.12 bits per heavy atom. The number of hydrogen-bond acceptors (Lipinski definition) is 4. The lowest BCUT2D eigenvalue weighted by atomic mass is 10.1. The first-order chi connectivity index (χ1) is 11.5. The van der Waals surface area contributed by atoms with Crippen LogP contribution in [0.4, 0.5) is 0 Å². The topological polar surface area (TPSA) is 91.2 Å². The molecule has 0 atom stereocenters. The standard InChI is InChI=1S/C18H17N3O3/c1-12-6-7-13(2)16(8-12)24-11-17(22)20-21-18(23)15-5-3-4-14(9-15)10-19/h3-9H,11H2,1-2H3,(H,20,22)(H,21,23). The summed E-state index contributed by atoms with van der Waals surface area (Å²) >= 11 is 0. The average Bonchev–Trinajstić information content (AvgIpc) is 2.60. The summed E-state index contributed by atoms with van der Waals surface area (Å²) in [5, 5.41) is 8.81. The number of amides is 2. The van der Waals surface area contributed by atoms with Crippen LogP contribution in [0.5, 0.6) is 5.75 Å². The van der Waals surface area contributed by atoms with Crippen molar-refractivity contribution in [3.63, 3.8) is 0 Å². The second-order valence-electron chi connectivity index (χ2n) is 5.25. The number of carbonyl (C=O) groups is 2. The molecule has 2 rings (SSSR count). The van der Waals surface area contributed by atoms with Crippen molar-refractivity contribution in [2.45, 2.75) is 13.8 Å². The highest BCUT2D eigenvalue weighted by molar-refractivity contribution is 5.95. The third-order valence-corrected chi connectivity index (χ3v) is 3.27. The summed E-state index contributed by atoms with van der Waals surface area (Å²) in [5.74, 6) is -0.369. The van der Waals surface area contributed by atoms with Gasteiger partial charge in [0.15, 0.2) is 6.61 Å². The molecule has 0 aliphatic heterocycles. The van der Waals surface area contributed by atoms with Crippen molar-refractivity contribution in [3.8, 4) is 11.8 Å². The third kappa shape index (κ3) is 4.58. The van der Waals surface area contributed by atoms with Crippen LogP contribution >= 0.6 is 0 Å². The third-order valence-electron chi connectivity index (χ3n) is 3.27. The van der Waals surface area contributed by atoms with Crippen LogP contribution in [0.3, 0.4) is 0 Å². The van der Waals surface area contributed by atoms with Crippen LogP contribution in [0.15, 0.2) is 42.5 Å². The van der Waals surface area contributed by atoms with Crippen LogP contribution in [0, 0.1) is 25.2 Å². The summed E-state index contributed by atoms with van der Waals surface area (Å²) in [4.78, 5) is 23.7. The summed E-state index contributed by atoms with van der Waals surface area (Å²) < 4.78 is 5.45. The van der Waals surface area contributed by atoms with Gasteiger partial charge in [-0.25, -0.2) is 0 Å². The first kappa shape index (κ1) is 17.0. The highest BCUT2D eigenvalue weighted by atomic mass is 16.5. The Morgan fingerprint density at radius 3 is 2.67 bits per heavy atom. The molecule has 2 aromatic carbocycles. The number of ether oxygens (including phenoxy) is 1. The van der Waals surface area contributed by atoms with Crippen LogP contribution in [-0.2, 0) is 4.79 Å². The van der Waals surface area contributed by atoms with Crippen LogP contribution < -0.4 is 15.6 Å². The Hall–Kier alpha value is -3.33. The molecule has 0 aliphatic carbocycles. The molecule has 0 fully saturated rings.